The molecule has 6 nitrogen and oxygen atoms in total. The van der Waals surface area contributed by atoms with Crippen molar-refractivity contribution in [2.75, 3.05) is 13.2 Å². The highest BCUT2D eigenvalue weighted by molar-refractivity contribution is 5.71. The summed E-state index contributed by atoms with van der Waals surface area (Å²) in [5, 5.41) is 0. The van der Waals surface area contributed by atoms with Gasteiger partial charge in [0.2, 0.25) is 0 Å². The van der Waals surface area contributed by atoms with Crippen molar-refractivity contribution in [3.05, 3.63) is 72.9 Å². The van der Waals surface area contributed by atoms with Crippen LogP contribution in [-0.2, 0) is 28.6 Å². The third-order valence-corrected chi connectivity index (χ3v) is 10.9. The molecule has 0 rings (SSSR count). The van der Waals surface area contributed by atoms with Gasteiger partial charge in [0.1, 0.15) is 13.2 Å². The number of carbonyl (C=O) groups excluding carboxylic acids is 3. The predicted molar refractivity (Wildman–Crippen MR) is 265 cm³/mol. The lowest BCUT2D eigenvalue weighted by atomic mass is 10.0. The molecule has 0 fully saturated rings. The van der Waals surface area contributed by atoms with E-state index in [1.165, 1.54) is 83.5 Å². The molecule has 0 heterocycles. The Balaban J connectivity index is 4.44. The zero-order valence-electron chi connectivity index (χ0n) is 40.6. The third kappa shape index (κ3) is 47.9. The Kier molecular flexibility index (Phi) is 47.9. The van der Waals surface area contributed by atoms with Crippen molar-refractivity contribution in [1.82, 2.24) is 0 Å². The maximum absolute atomic E-state index is 12.8. The molecule has 0 aliphatic carbocycles. The fourth-order valence-corrected chi connectivity index (χ4v) is 7.05. The Morgan fingerprint density at radius 1 is 0.339 bits per heavy atom. The van der Waals surface area contributed by atoms with Crippen molar-refractivity contribution >= 4 is 17.9 Å². The van der Waals surface area contributed by atoms with E-state index in [0.29, 0.717) is 19.3 Å². The first-order valence-corrected chi connectivity index (χ1v) is 25.9. The van der Waals surface area contributed by atoms with Crippen LogP contribution in [0.25, 0.3) is 0 Å². The zero-order valence-corrected chi connectivity index (χ0v) is 40.6. The standard InChI is InChI=1S/C56H96O6/c1-4-7-10-13-16-19-22-25-27-28-30-31-34-37-40-43-46-49-55(58)61-52-53(51-60-54(57)48-45-42-39-36-33-24-21-18-15-12-9-6-3)62-56(59)50-47-44-41-38-35-32-29-26-23-20-17-14-11-8-5-2/h7,10,16-17,19-20,25-27,29-31,53H,4-6,8-9,11-15,18,21-24,28,32-52H2,1-3H3/b10-7-,19-16-,20-17-,27-25-,29-26-,31-30-/t53-/m0/s1. The summed E-state index contributed by atoms with van der Waals surface area (Å²) in [7, 11) is 0. The van der Waals surface area contributed by atoms with E-state index < -0.39 is 6.10 Å². The molecule has 0 unspecified atom stereocenters. The Morgan fingerprint density at radius 2 is 0.629 bits per heavy atom. The number of hydrogen-bond donors (Lipinski definition) is 0. The number of hydrogen-bond acceptors (Lipinski definition) is 6. The molecule has 356 valence electrons. The lowest BCUT2D eigenvalue weighted by molar-refractivity contribution is -0.167. The van der Waals surface area contributed by atoms with Crippen LogP contribution in [0.1, 0.15) is 245 Å². The average Bonchev–Trinajstić information content (AvgIpc) is 3.27. The van der Waals surface area contributed by atoms with E-state index in [1.54, 1.807) is 0 Å². The molecule has 0 saturated carbocycles. The highest BCUT2D eigenvalue weighted by Gasteiger charge is 2.19. The van der Waals surface area contributed by atoms with Crippen molar-refractivity contribution < 1.29 is 28.6 Å². The summed E-state index contributed by atoms with van der Waals surface area (Å²) in [6, 6.07) is 0. The van der Waals surface area contributed by atoms with E-state index in [9.17, 15) is 14.4 Å². The number of unbranched alkanes of at least 4 members (excludes halogenated alkanes) is 23. The minimum Gasteiger partial charge on any atom is -0.462 e. The lowest BCUT2D eigenvalue weighted by Crippen LogP contribution is -2.30. The maximum Gasteiger partial charge on any atom is 0.306 e. The molecule has 0 aliphatic heterocycles. The number of carbonyl (C=O) groups is 3. The SMILES string of the molecule is CC/C=C\C/C=C\C/C=C\C/C=C\CCCCCCC(=O)OC[C@H](COC(=O)CCCCCCCCCCCCCC)OC(=O)CCCCCCC/C=C\C/C=C\CCCCC. The van der Waals surface area contributed by atoms with Gasteiger partial charge >= 0.3 is 17.9 Å². The van der Waals surface area contributed by atoms with Crippen LogP contribution in [0, 0.1) is 0 Å². The van der Waals surface area contributed by atoms with E-state index in [2.05, 4.69) is 93.7 Å². The van der Waals surface area contributed by atoms with E-state index in [0.717, 1.165) is 122 Å². The Bertz CT molecular complexity index is 1180. The lowest BCUT2D eigenvalue weighted by Gasteiger charge is -2.18. The fourth-order valence-electron chi connectivity index (χ4n) is 7.05. The molecular formula is C56H96O6. The van der Waals surface area contributed by atoms with Crippen LogP contribution in [0.3, 0.4) is 0 Å². The maximum atomic E-state index is 12.8. The Morgan fingerprint density at radius 3 is 1.02 bits per heavy atom. The molecule has 0 amide bonds. The van der Waals surface area contributed by atoms with Gasteiger partial charge in [0, 0.05) is 19.3 Å². The molecule has 1 atom stereocenters. The van der Waals surface area contributed by atoms with E-state index in [-0.39, 0.29) is 31.1 Å². The highest BCUT2D eigenvalue weighted by atomic mass is 16.6. The van der Waals surface area contributed by atoms with Gasteiger partial charge in [-0.25, -0.2) is 0 Å². The smallest absolute Gasteiger partial charge is 0.306 e. The van der Waals surface area contributed by atoms with Crippen molar-refractivity contribution in [3.8, 4) is 0 Å². The third-order valence-electron chi connectivity index (χ3n) is 10.9. The van der Waals surface area contributed by atoms with Gasteiger partial charge in [0.25, 0.3) is 0 Å². The van der Waals surface area contributed by atoms with Crippen LogP contribution in [0.15, 0.2) is 72.9 Å². The molecule has 62 heavy (non-hydrogen) atoms. The minimum atomic E-state index is -0.790. The van der Waals surface area contributed by atoms with Crippen molar-refractivity contribution in [1.29, 1.82) is 0 Å². The summed E-state index contributed by atoms with van der Waals surface area (Å²) < 4.78 is 16.8. The van der Waals surface area contributed by atoms with E-state index in [1.807, 2.05) is 0 Å². The summed E-state index contributed by atoms with van der Waals surface area (Å²) >= 11 is 0. The average molecular weight is 865 g/mol. The molecule has 0 aromatic carbocycles. The summed E-state index contributed by atoms with van der Waals surface area (Å²) in [4.78, 5) is 38.0. The number of rotatable bonds is 46. The van der Waals surface area contributed by atoms with Gasteiger partial charge in [0.15, 0.2) is 6.10 Å². The van der Waals surface area contributed by atoms with Crippen molar-refractivity contribution in [2.45, 2.75) is 252 Å². The first-order valence-electron chi connectivity index (χ1n) is 25.9. The number of esters is 3. The van der Waals surface area contributed by atoms with Crippen LogP contribution in [0.4, 0.5) is 0 Å². The van der Waals surface area contributed by atoms with Gasteiger partial charge in [-0.05, 0) is 89.9 Å². The van der Waals surface area contributed by atoms with Crippen LogP contribution >= 0.6 is 0 Å². The van der Waals surface area contributed by atoms with Gasteiger partial charge in [-0.1, -0.05) is 209 Å². The van der Waals surface area contributed by atoms with Gasteiger partial charge in [-0.3, -0.25) is 14.4 Å². The largest absolute Gasteiger partial charge is 0.462 e. The fraction of sp³-hybridized carbons (Fsp3) is 0.732. The molecule has 0 spiro atoms. The summed E-state index contributed by atoms with van der Waals surface area (Å²) in [6.45, 7) is 6.46. The summed E-state index contributed by atoms with van der Waals surface area (Å²) in [5.41, 5.74) is 0. The molecule has 0 N–H and O–H groups in total. The first kappa shape index (κ1) is 58.9. The van der Waals surface area contributed by atoms with Crippen LogP contribution in [0.5, 0.6) is 0 Å². The molecule has 0 aromatic heterocycles. The minimum absolute atomic E-state index is 0.0877. The Labute approximate surface area is 382 Å². The summed E-state index contributed by atoms with van der Waals surface area (Å²) in [6.07, 6.45) is 63.1. The first-order chi connectivity index (χ1) is 30.5. The number of ether oxygens (including phenoxy) is 3. The topological polar surface area (TPSA) is 78.9 Å². The molecule has 0 aliphatic rings. The van der Waals surface area contributed by atoms with Gasteiger partial charge in [-0.15, -0.1) is 0 Å². The van der Waals surface area contributed by atoms with Crippen LogP contribution in [0.2, 0.25) is 0 Å². The van der Waals surface area contributed by atoms with Gasteiger partial charge in [-0.2, -0.15) is 0 Å². The van der Waals surface area contributed by atoms with Crippen molar-refractivity contribution in [3.63, 3.8) is 0 Å². The van der Waals surface area contributed by atoms with Gasteiger partial charge < -0.3 is 14.2 Å². The normalized spacial score (nSPS) is 12.6. The molecule has 6 heteroatoms. The zero-order chi connectivity index (χ0) is 45.1. The quantitative estimate of drug-likeness (QED) is 0.0262. The highest BCUT2D eigenvalue weighted by Crippen LogP contribution is 2.14. The second kappa shape index (κ2) is 50.5. The second-order valence-electron chi connectivity index (χ2n) is 17.1. The van der Waals surface area contributed by atoms with Crippen LogP contribution in [-0.4, -0.2) is 37.2 Å². The van der Waals surface area contributed by atoms with Crippen molar-refractivity contribution in [2.24, 2.45) is 0 Å². The molecule has 0 saturated heterocycles. The molecule has 0 aromatic rings. The predicted octanol–water partition coefficient (Wildman–Crippen LogP) is 17.0. The molecule has 0 bridgehead atoms. The van der Waals surface area contributed by atoms with E-state index in [4.69, 9.17) is 14.2 Å². The molecule has 0 radical (unpaired) electrons. The van der Waals surface area contributed by atoms with Crippen LogP contribution < -0.4 is 0 Å². The second-order valence-corrected chi connectivity index (χ2v) is 17.1. The molecular weight excluding hydrogens is 769 g/mol. The van der Waals surface area contributed by atoms with E-state index >= 15 is 0 Å². The van der Waals surface area contributed by atoms with Gasteiger partial charge in [0.05, 0.1) is 0 Å². The summed E-state index contributed by atoms with van der Waals surface area (Å²) in [5.74, 6) is -0.924. The monoisotopic (exact) mass is 865 g/mol. The Hall–Kier alpha value is -3.15. The number of allylic oxidation sites excluding steroid dienone is 12.